The highest BCUT2D eigenvalue weighted by atomic mass is 32.2. The number of aryl methyl sites for hydroxylation is 1. The normalized spacial score (nSPS) is 11.0. The zero-order chi connectivity index (χ0) is 10.8. The van der Waals surface area contributed by atoms with E-state index < -0.39 is 16.1 Å². The van der Waals surface area contributed by atoms with Gasteiger partial charge < -0.3 is 9.30 Å². The molecule has 0 aliphatic carbocycles. The van der Waals surface area contributed by atoms with Gasteiger partial charge in [0, 0.05) is 13.2 Å². The molecule has 1 aromatic rings. The van der Waals surface area contributed by atoms with Crippen molar-refractivity contribution >= 4 is 16.1 Å². The van der Waals surface area contributed by atoms with Crippen molar-refractivity contribution in [2.45, 2.75) is 5.03 Å². The monoisotopic (exact) mass is 218 g/mol. The van der Waals surface area contributed by atoms with Crippen LogP contribution in [-0.2, 0) is 21.8 Å². The second-order valence-corrected chi connectivity index (χ2v) is 4.18. The van der Waals surface area contributed by atoms with Crippen LogP contribution in [0.25, 0.3) is 0 Å². The number of carbonyl (C=O) groups excluding carboxylic acids is 1. The van der Waals surface area contributed by atoms with Crippen LogP contribution in [0.3, 0.4) is 0 Å². The number of sulfonamides is 1. The van der Waals surface area contributed by atoms with Gasteiger partial charge in [0.05, 0.1) is 7.11 Å². The van der Waals surface area contributed by atoms with E-state index in [0.29, 0.717) is 0 Å². The molecule has 1 N–H and O–H groups in total. The van der Waals surface area contributed by atoms with Gasteiger partial charge in [0.2, 0.25) is 0 Å². The molecule has 6 nitrogen and oxygen atoms in total. The van der Waals surface area contributed by atoms with Gasteiger partial charge in [-0.2, -0.15) is 8.42 Å². The number of ether oxygens (including phenoxy) is 1. The zero-order valence-electron chi connectivity index (χ0n) is 7.72. The minimum Gasteiger partial charge on any atom is -0.452 e. The maximum absolute atomic E-state index is 11.5. The van der Waals surface area contributed by atoms with E-state index >= 15 is 0 Å². The Bertz CT molecular complexity index is 434. The highest BCUT2D eigenvalue weighted by Crippen LogP contribution is 2.07. The molecule has 0 saturated heterocycles. The fraction of sp³-hybridized carbons (Fsp3) is 0.286. The fourth-order valence-electron chi connectivity index (χ4n) is 0.928. The number of nitrogens with one attached hydrogen (secondary N) is 1. The van der Waals surface area contributed by atoms with E-state index in [1.807, 2.05) is 0 Å². The van der Waals surface area contributed by atoms with Gasteiger partial charge in [-0.05, 0) is 12.1 Å². The number of rotatable bonds is 2. The Morgan fingerprint density at radius 2 is 2.21 bits per heavy atom. The summed E-state index contributed by atoms with van der Waals surface area (Å²) in [6.07, 6.45) is 0.553. The average Bonchev–Trinajstić information content (AvgIpc) is 2.51. The summed E-state index contributed by atoms with van der Waals surface area (Å²) in [5.41, 5.74) is 0. The lowest BCUT2D eigenvalue weighted by Gasteiger charge is -2.05. The first-order valence-electron chi connectivity index (χ1n) is 3.69. The molecule has 0 spiro atoms. The van der Waals surface area contributed by atoms with Gasteiger partial charge in [-0.1, -0.05) is 0 Å². The quantitative estimate of drug-likeness (QED) is 0.762. The zero-order valence-corrected chi connectivity index (χ0v) is 8.54. The van der Waals surface area contributed by atoms with Crippen molar-refractivity contribution in [2.75, 3.05) is 7.11 Å². The van der Waals surface area contributed by atoms with Crippen molar-refractivity contribution in [1.29, 1.82) is 0 Å². The lowest BCUT2D eigenvalue weighted by molar-refractivity contribution is 0.177. The summed E-state index contributed by atoms with van der Waals surface area (Å²) in [5, 5.41) is 0.00269. The molecule has 0 fully saturated rings. The Balaban J connectivity index is 2.98. The standard InChI is InChI=1S/C7H10N2O4S/c1-9-5-3-4-6(9)14(11,12)8-7(10)13-2/h3-5H,1-2H3,(H,8,10). The summed E-state index contributed by atoms with van der Waals surface area (Å²) in [6.45, 7) is 0. The third-order valence-electron chi connectivity index (χ3n) is 1.57. The number of amides is 1. The van der Waals surface area contributed by atoms with Crippen molar-refractivity contribution in [3.63, 3.8) is 0 Å². The van der Waals surface area contributed by atoms with Crippen molar-refractivity contribution in [1.82, 2.24) is 9.29 Å². The molecular formula is C7H10N2O4S. The van der Waals surface area contributed by atoms with E-state index in [0.717, 1.165) is 7.11 Å². The van der Waals surface area contributed by atoms with Crippen LogP contribution < -0.4 is 4.72 Å². The minimum atomic E-state index is -3.82. The van der Waals surface area contributed by atoms with Crippen molar-refractivity contribution in [2.24, 2.45) is 7.05 Å². The van der Waals surface area contributed by atoms with Crippen LogP contribution in [0.5, 0.6) is 0 Å². The number of aromatic nitrogens is 1. The number of hydrogen-bond acceptors (Lipinski definition) is 4. The van der Waals surface area contributed by atoms with Crippen molar-refractivity contribution in [3.8, 4) is 0 Å². The predicted octanol–water partition coefficient (Wildman–Crippen LogP) is 0.0698. The van der Waals surface area contributed by atoms with Crippen LogP contribution in [0, 0.1) is 0 Å². The first-order valence-corrected chi connectivity index (χ1v) is 5.18. The molecule has 1 rings (SSSR count). The first kappa shape index (κ1) is 10.6. The van der Waals surface area contributed by atoms with E-state index in [-0.39, 0.29) is 5.03 Å². The van der Waals surface area contributed by atoms with E-state index in [4.69, 9.17) is 0 Å². The lowest BCUT2D eigenvalue weighted by atomic mass is 10.7. The number of nitrogens with zero attached hydrogens (tertiary/aromatic N) is 1. The van der Waals surface area contributed by atoms with E-state index in [9.17, 15) is 13.2 Å². The minimum absolute atomic E-state index is 0.00269. The van der Waals surface area contributed by atoms with Crippen LogP contribution in [0.4, 0.5) is 4.79 Å². The molecule has 1 aromatic heterocycles. The maximum Gasteiger partial charge on any atom is 0.420 e. The van der Waals surface area contributed by atoms with Gasteiger partial charge >= 0.3 is 6.09 Å². The topological polar surface area (TPSA) is 77.4 Å². The average molecular weight is 218 g/mol. The van der Waals surface area contributed by atoms with Gasteiger partial charge in [0.1, 0.15) is 0 Å². The Kier molecular flexibility index (Phi) is 2.80. The first-order chi connectivity index (χ1) is 6.47. The Hall–Kier alpha value is -1.50. The third-order valence-corrected chi connectivity index (χ3v) is 2.98. The molecule has 7 heteroatoms. The van der Waals surface area contributed by atoms with Crippen molar-refractivity contribution < 1.29 is 17.9 Å². The largest absolute Gasteiger partial charge is 0.452 e. The molecular weight excluding hydrogens is 208 g/mol. The van der Waals surface area contributed by atoms with Gasteiger partial charge in [-0.15, -0.1) is 0 Å². The molecule has 1 amide bonds. The molecule has 0 aliphatic rings. The molecule has 0 unspecified atom stereocenters. The fourth-order valence-corrected chi connectivity index (χ4v) is 2.03. The summed E-state index contributed by atoms with van der Waals surface area (Å²) >= 11 is 0. The van der Waals surface area contributed by atoms with Crippen LogP contribution in [0.2, 0.25) is 0 Å². The lowest BCUT2D eigenvalue weighted by Crippen LogP contribution is -2.31. The summed E-state index contributed by atoms with van der Waals surface area (Å²) in [5.74, 6) is 0. The number of hydrogen-bond donors (Lipinski definition) is 1. The summed E-state index contributed by atoms with van der Waals surface area (Å²) in [6, 6.07) is 2.94. The summed E-state index contributed by atoms with van der Waals surface area (Å²) < 4.78 is 30.2. The second kappa shape index (κ2) is 3.70. The third kappa shape index (κ3) is 2.05. The van der Waals surface area contributed by atoms with Gasteiger partial charge in [0.15, 0.2) is 5.03 Å². The molecule has 0 aliphatic heterocycles. The number of carbonyl (C=O) groups is 1. The molecule has 0 atom stereocenters. The maximum atomic E-state index is 11.5. The molecule has 0 radical (unpaired) electrons. The molecule has 0 bridgehead atoms. The van der Waals surface area contributed by atoms with Crippen LogP contribution in [0.15, 0.2) is 23.4 Å². The summed E-state index contributed by atoms with van der Waals surface area (Å²) in [4.78, 5) is 10.7. The van der Waals surface area contributed by atoms with E-state index in [1.165, 1.54) is 10.6 Å². The molecule has 0 saturated carbocycles. The van der Waals surface area contributed by atoms with Crippen LogP contribution in [0.1, 0.15) is 0 Å². The Morgan fingerprint density at radius 3 is 2.64 bits per heavy atom. The summed E-state index contributed by atoms with van der Waals surface area (Å²) in [7, 11) is -1.17. The molecule has 14 heavy (non-hydrogen) atoms. The van der Waals surface area contributed by atoms with Gasteiger partial charge in [-0.25, -0.2) is 9.52 Å². The molecule has 0 aromatic carbocycles. The number of methoxy groups -OCH3 is 1. The van der Waals surface area contributed by atoms with Crippen LogP contribution in [-0.4, -0.2) is 26.2 Å². The smallest absolute Gasteiger partial charge is 0.420 e. The predicted molar refractivity (Wildman–Crippen MR) is 48.1 cm³/mol. The second-order valence-electron chi connectivity index (χ2n) is 2.55. The van der Waals surface area contributed by atoms with Gasteiger partial charge in [0.25, 0.3) is 10.0 Å². The SMILES string of the molecule is COC(=O)NS(=O)(=O)c1cccn1C. The van der Waals surface area contributed by atoms with Gasteiger partial charge in [-0.3, -0.25) is 0 Å². The van der Waals surface area contributed by atoms with E-state index in [2.05, 4.69) is 4.74 Å². The van der Waals surface area contributed by atoms with Crippen LogP contribution >= 0.6 is 0 Å². The molecule has 78 valence electrons. The Morgan fingerprint density at radius 1 is 1.57 bits per heavy atom. The van der Waals surface area contributed by atoms with Crippen molar-refractivity contribution in [3.05, 3.63) is 18.3 Å². The Labute approximate surface area is 81.5 Å². The highest BCUT2D eigenvalue weighted by molar-refractivity contribution is 7.90. The highest BCUT2D eigenvalue weighted by Gasteiger charge is 2.19. The molecule has 1 heterocycles. The van der Waals surface area contributed by atoms with E-state index in [1.54, 1.807) is 24.0 Å².